The number of benzene rings is 1. The van der Waals surface area contributed by atoms with Crippen molar-refractivity contribution < 1.29 is 9.26 Å². The topological polar surface area (TPSA) is 51.4 Å². The molecule has 2 aromatic rings. The molecule has 0 bridgehead atoms. The van der Waals surface area contributed by atoms with Crippen LogP contribution in [0.3, 0.4) is 0 Å². The van der Waals surface area contributed by atoms with Crippen LogP contribution in [0.25, 0.3) is 0 Å². The number of para-hydroxylation sites is 1. The van der Waals surface area contributed by atoms with E-state index in [0.29, 0.717) is 11.8 Å². The summed E-state index contributed by atoms with van der Waals surface area (Å²) in [4.78, 5) is 6.95. The molecule has 3 rings (SSSR count). The fourth-order valence-electron chi connectivity index (χ4n) is 2.98. The fourth-order valence-corrected chi connectivity index (χ4v) is 2.98. The minimum atomic E-state index is -0.184. The Kier molecular flexibility index (Phi) is 5.28. The van der Waals surface area contributed by atoms with Crippen molar-refractivity contribution in [2.75, 3.05) is 20.1 Å². The van der Waals surface area contributed by atoms with E-state index < -0.39 is 0 Å². The number of ether oxygens (including phenoxy) is 1. The first-order valence-corrected chi connectivity index (χ1v) is 8.47. The number of rotatable bonds is 6. The molecule has 0 aliphatic carbocycles. The second-order valence-corrected chi connectivity index (χ2v) is 6.33. The Morgan fingerprint density at radius 2 is 2.00 bits per heavy atom. The summed E-state index contributed by atoms with van der Waals surface area (Å²) in [6.07, 6.45) is 3.93. The van der Waals surface area contributed by atoms with Crippen LogP contribution in [0.4, 0.5) is 0 Å². The lowest BCUT2D eigenvalue weighted by molar-refractivity contribution is 0.154. The maximum atomic E-state index is 5.96. The van der Waals surface area contributed by atoms with Gasteiger partial charge in [0.25, 0.3) is 5.89 Å². The average Bonchev–Trinajstić information content (AvgIpc) is 3.04. The van der Waals surface area contributed by atoms with Crippen molar-refractivity contribution >= 4 is 0 Å². The van der Waals surface area contributed by atoms with Gasteiger partial charge < -0.3 is 14.2 Å². The minimum Gasteiger partial charge on any atom is -0.481 e. The monoisotopic (exact) mass is 315 g/mol. The van der Waals surface area contributed by atoms with Crippen molar-refractivity contribution in [1.82, 2.24) is 15.0 Å². The molecule has 1 aliphatic rings. The number of piperidine rings is 1. The molecular weight excluding hydrogens is 290 g/mol. The summed E-state index contributed by atoms with van der Waals surface area (Å²) in [6, 6.07) is 9.78. The van der Waals surface area contributed by atoms with E-state index in [0.717, 1.165) is 37.5 Å². The Hall–Kier alpha value is -1.88. The van der Waals surface area contributed by atoms with Crippen LogP contribution in [-0.2, 0) is 6.42 Å². The van der Waals surface area contributed by atoms with Crippen LogP contribution >= 0.6 is 0 Å². The third kappa shape index (κ3) is 4.32. The van der Waals surface area contributed by atoms with Gasteiger partial charge in [-0.1, -0.05) is 30.3 Å². The summed E-state index contributed by atoms with van der Waals surface area (Å²) < 4.78 is 11.4. The Morgan fingerprint density at radius 1 is 1.26 bits per heavy atom. The second kappa shape index (κ2) is 7.59. The highest BCUT2D eigenvalue weighted by molar-refractivity contribution is 5.21. The largest absolute Gasteiger partial charge is 0.481 e. The minimum absolute atomic E-state index is 0.184. The summed E-state index contributed by atoms with van der Waals surface area (Å²) >= 11 is 0. The van der Waals surface area contributed by atoms with E-state index >= 15 is 0 Å². The quantitative estimate of drug-likeness (QED) is 0.817. The molecule has 0 radical (unpaired) electrons. The number of nitrogens with zero attached hydrogens (tertiary/aromatic N) is 3. The van der Waals surface area contributed by atoms with Gasteiger partial charge in [0, 0.05) is 6.42 Å². The number of aromatic nitrogens is 2. The molecule has 5 nitrogen and oxygen atoms in total. The molecule has 1 saturated heterocycles. The van der Waals surface area contributed by atoms with Crippen LogP contribution in [0.1, 0.15) is 44.0 Å². The molecule has 1 atom stereocenters. The Balaban J connectivity index is 1.60. The molecule has 0 saturated carbocycles. The molecular formula is C18H25N3O2. The van der Waals surface area contributed by atoms with Crippen molar-refractivity contribution in [3.63, 3.8) is 0 Å². The summed E-state index contributed by atoms with van der Waals surface area (Å²) in [5.74, 6) is 2.88. The third-order valence-electron chi connectivity index (χ3n) is 4.46. The van der Waals surface area contributed by atoms with E-state index in [4.69, 9.17) is 9.26 Å². The fraction of sp³-hybridized carbons (Fsp3) is 0.556. The van der Waals surface area contributed by atoms with Crippen LogP contribution in [-0.4, -0.2) is 35.2 Å². The molecule has 0 spiro atoms. The van der Waals surface area contributed by atoms with E-state index in [2.05, 4.69) is 29.0 Å². The maximum Gasteiger partial charge on any atom is 0.267 e. The van der Waals surface area contributed by atoms with Crippen molar-refractivity contribution in [1.29, 1.82) is 0 Å². The van der Waals surface area contributed by atoms with Gasteiger partial charge in [0.2, 0.25) is 0 Å². The molecule has 1 fully saturated rings. The van der Waals surface area contributed by atoms with Crippen LogP contribution in [0.15, 0.2) is 34.9 Å². The van der Waals surface area contributed by atoms with Crippen LogP contribution in [0.5, 0.6) is 5.75 Å². The van der Waals surface area contributed by atoms with Gasteiger partial charge in [0.1, 0.15) is 5.75 Å². The zero-order valence-electron chi connectivity index (χ0n) is 13.9. The zero-order chi connectivity index (χ0) is 16.1. The van der Waals surface area contributed by atoms with Gasteiger partial charge in [-0.25, -0.2) is 0 Å². The third-order valence-corrected chi connectivity index (χ3v) is 4.46. The first-order valence-electron chi connectivity index (χ1n) is 8.47. The van der Waals surface area contributed by atoms with Crippen LogP contribution < -0.4 is 4.74 Å². The van der Waals surface area contributed by atoms with Crippen molar-refractivity contribution in [3.8, 4) is 5.75 Å². The van der Waals surface area contributed by atoms with Crippen molar-refractivity contribution in [2.45, 2.75) is 38.7 Å². The highest BCUT2D eigenvalue weighted by Crippen LogP contribution is 2.25. The van der Waals surface area contributed by atoms with Crippen molar-refractivity contribution in [2.24, 2.45) is 5.92 Å². The molecule has 2 heterocycles. The Morgan fingerprint density at radius 3 is 2.70 bits per heavy atom. The average molecular weight is 315 g/mol. The first-order chi connectivity index (χ1) is 11.2. The predicted molar refractivity (Wildman–Crippen MR) is 88.3 cm³/mol. The van der Waals surface area contributed by atoms with Gasteiger partial charge >= 0.3 is 0 Å². The van der Waals surface area contributed by atoms with Crippen LogP contribution in [0, 0.1) is 5.92 Å². The lowest BCUT2D eigenvalue weighted by Crippen LogP contribution is -2.31. The van der Waals surface area contributed by atoms with Gasteiger partial charge in [0.15, 0.2) is 11.9 Å². The van der Waals surface area contributed by atoms with Gasteiger partial charge in [-0.15, -0.1) is 0 Å². The zero-order valence-corrected chi connectivity index (χ0v) is 13.9. The first kappa shape index (κ1) is 16.0. The molecule has 5 heteroatoms. The van der Waals surface area contributed by atoms with Gasteiger partial charge in [-0.3, -0.25) is 0 Å². The molecule has 23 heavy (non-hydrogen) atoms. The van der Waals surface area contributed by atoms with Gasteiger partial charge in [-0.05, 0) is 57.5 Å². The van der Waals surface area contributed by atoms with E-state index in [9.17, 15) is 0 Å². The molecule has 1 aromatic heterocycles. The Labute approximate surface area is 137 Å². The predicted octanol–water partition coefficient (Wildman–Crippen LogP) is 3.48. The molecule has 0 N–H and O–H groups in total. The van der Waals surface area contributed by atoms with E-state index in [1.54, 1.807) is 0 Å². The van der Waals surface area contributed by atoms with Crippen molar-refractivity contribution in [3.05, 3.63) is 42.0 Å². The smallest absolute Gasteiger partial charge is 0.267 e. The van der Waals surface area contributed by atoms with Gasteiger partial charge in [0.05, 0.1) is 0 Å². The molecule has 124 valence electrons. The SMILES string of the molecule is CCC(Oc1ccccc1)c1nc(CC2CCN(C)CC2)no1. The molecule has 1 unspecified atom stereocenters. The van der Waals surface area contributed by atoms with E-state index in [1.807, 2.05) is 30.3 Å². The standard InChI is InChI=1S/C18H25N3O2/c1-3-16(22-15-7-5-4-6-8-15)18-19-17(20-23-18)13-14-9-11-21(2)12-10-14/h4-8,14,16H,3,9-13H2,1-2H3. The lowest BCUT2D eigenvalue weighted by Gasteiger charge is -2.28. The van der Waals surface area contributed by atoms with E-state index in [-0.39, 0.29) is 6.10 Å². The Bertz CT molecular complexity index is 591. The maximum absolute atomic E-state index is 5.96. The number of hydrogen-bond donors (Lipinski definition) is 0. The molecule has 1 aromatic carbocycles. The van der Waals surface area contributed by atoms with E-state index in [1.165, 1.54) is 12.8 Å². The summed E-state index contributed by atoms with van der Waals surface area (Å²) in [6.45, 7) is 4.38. The number of hydrogen-bond acceptors (Lipinski definition) is 5. The highest BCUT2D eigenvalue weighted by Gasteiger charge is 2.22. The molecule has 1 aliphatic heterocycles. The van der Waals surface area contributed by atoms with Crippen LogP contribution in [0.2, 0.25) is 0 Å². The number of likely N-dealkylation sites (tertiary alicyclic amines) is 1. The summed E-state index contributed by atoms with van der Waals surface area (Å²) in [5, 5.41) is 4.16. The summed E-state index contributed by atoms with van der Waals surface area (Å²) in [5.41, 5.74) is 0. The summed E-state index contributed by atoms with van der Waals surface area (Å²) in [7, 11) is 2.18. The highest BCUT2D eigenvalue weighted by atomic mass is 16.5. The normalized spacial score (nSPS) is 18.0. The second-order valence-electron chi connectivity index (χ2n) is 6.33. The van der Waals surface area contributed by atoms with Gasteiger partial charge in [-0.2, -0.15) is 4.98 Å². The lowest BCUT2D eigenvalue weighted by atomic mass is 9.94. The molecule has 0 amide bonds.